The summed E-state index contributed by atoms with van der Waals surface area (Å²) in [6.07, 6.45) is 5.88. The number of amides is 5. The number of carbonyl (C=O) groups excluding carboxylic acids is 5. The van der Waals surface area contributed by atoms with E-state index >= 15 is 0 Å². The number of piperidine rings is 1. The fourth-order valence-corrected chi connectivity index (χ4v) is 11.4. The lowest BCUT2D eigenvalue weighted by atomic mass is 9.84. The number of hydrogen-bond acceptors (Lipinski definition) is 12. The Morgan fingerprint density at radius 2 is 1.68 bits per heavy atom. The molecule has 5 amide bonds. The van der Waals surface area contributed by atoms with E-state index in [2.05, 4.69) is 26.9 Å². The summed E-state index contributed by atoms with van der Waals surface area (Å²) in [7, 11) is -4.00. The molecule has 8 atom stereocenters. The van der Waals surface area contributed by atoms with Crippen LogP contribution in [0.15, 0.2) is 41.7 Å². The third-order valence-electron chi connectivity index (χ3n) is 15.2. The van der Waals surface area contributed by atoms with Crippen LogP contribution in [0.2, 0.25) is 0 Å². The summed E-state index contributed by atoms with van der Waals surface area (Å²) in [5.74, 6) is -2.12. The van der Waals surface area contributed by atoms with Crippen LogP contribution in [0.25, 0.3) is 10.9 Å². The first-order chi connectivity index (χ1) is 33.2. The molecule has 2 bridgehead atoms. The first-order valence-electron chi connectivity index (χ1n) is 25.4. The second-order valence-electron chi connectivity index (χ2n) is 23.1. The van der Waals surface area contributed by atoms with Crippen molar-refractivity contribution in [2.75, 3.05) is 32.8 Å². The normalized spacial score (nSPS) is 25.5. The maximum Gasteiger partial charge on any atom is 0.410 e. The Bertz CT molecular complexity index is 2520. The number of rotatable bonds is 18. The molecule has 0 spiro atoms. The Hall–Kier alpha value is -5.17. The summed E-state index contributed by atoms with van der Waals surface area (Å²) >= 11 is 0. The van der Waals surface area contributed by atoms with Crippen LogP contribution in [0.5, 0.6) is 5.75 Å². The molecule has 3 aliphatic heterocycles. The van der Waals surface area contributed by atoms with E-state index in [1.807, 2.05) is 65.8 Å². The number of ether oxygens (including phenoxy) is 4. The quantitative estimate of drug-likeness (QED) is 0.0980. The summed E-state index contributed by atoms with van der Waals surface area (Å²) < 4.78 is 51.4. The van der Waals surface area contributed by atoms with E-state index < -0.39 is 73.1 Å². The van der Waals surface area contributed by atoms with Gasteiger partial charge in [0.15, 0.2) is 0 Å². The molecule has 18 nitrogen and oxygen atoms in total. The number of H-pyrrole nitrogens is 1. The molecule has 7 rings (SSSR count). The SMILES string of the molecule is C=CC(C)C(C)(NC(=O)C1CCCN1C(=O)C(NC(=O)OC1CC1CCCCCc1c(OC2C3COCC2CN(C(=O)OC(C)(C)C)C3)c2ccccc2[nH]c1=O)C(C)(C)C)C(=O)NS(=O)(=O)C1(C)CC1. The van der Waals surface area contributed by atoms with E-state index in [0.29, 0.717) is 81.7 Å². The van der Waals surface area contributed by atoms with E-state index in [1.54, 1.807) is 18.7 Å². The summed E-state index contributed by atoms with van der Waals surface area (Å²) in [5.41, 5.74) is -2.00. The molecule has 5 aliphatic rings. The van der Waals surface area contributed by atoms with E-state index in [1.165, 1.54) is 17.9 Å². The third-order valence-corrected chi connectivity index (χ3v) is 17.3. The van der Waals surface area contributed by atoms with Crippen LogP contribution in [-0.2, 0) is 45.0 Å². The zero-order valence-electron chi connectivity index (χ0n) is 43.0. The molecular formula is C52H76N6O12S. The number of pyridine rings is 1. The number of benzene rings is 1. The highest BCUT2D eigenvalue weighted by Gasteiger charge is 2.54. The van der Waals surface area contributed by atoms with Crippen LogP contribution in [0.3, 0.4) is 0 Å². The summed E-state index contributed by atoms with van der Waals surface area (Å²) in [4.78, 5) is 88.2. The first kappa shape index (κ1) is 53.6. The molecule has 0 radical (unpaired) electrons. The van der Waals surface area contributed by atoms with Gasteiger partial charge in [-0.1, -0.05) is 58.7 Å². The Balaban J connectivity index is 0.908. The second kappa shape index (κ2) is 20.7. The van der Waals surface area contributed by atoms with Crippen molar-refractivity contribution in [2.45, 2.75) is 167 Å². The molecule has 3 saturated heterocycles. The predicted molar refractivity (Wildman–Crippen MR) is 267 cm³/mol. The van der Waals surface area contributed by atoms with E-state index in [0.717, 1.165) is 31.1 Å². The molecule has 2 aromatic rings. The average molecular weight is 1010 g/mol. The lowest BCUT2D eigenvalue weighted by molar-refractivity contribution is -0.143. The fourth-order valence-electron chi connectivity index (χ4n) is 10.0. The maximum atomic E-state index is 14.3. The molecule has 5 fully saturated rings. The number of carbonyl (C=O) groups is 5. The van der Waals surface area contributed by atoms with Crippen molar-refractivity contribution in [3.63, 3.8) is 0 Å². The highest BCUT2D eigenvalue weighted by molar-refractivity contribution is 7.91. The number of likely N-dealkylation sites (tertiary alicyclic amines) is 2. The Morgan fingerprint density at radius 1 is 1.00 bits per heavy atom. The smallest absolute Gasteiger partial charge is 0.410 e. The minimum Gasteiger partial charge on any atom is -0.488 e. The number of alkyl carbamates (subject to hydrolysis) is 1. The van der Waals surface area contributed by atoms with Crippen LogP contribution in [-0.4, -0.2) is 126 Å². The second-order valence-corrected chi connectivity index (χ2v) is 25.3. The number of nitrogens with zero attached hydrogens (tertiary/aromatic N) is 2. The molecular weight excluding hydrogens is 933 g/mol. The zero-order valence-corrected chi connectivity index (χ0v) is 43.8. The van der Waals surface area contributed by atoms with Gasteiger partial charge in [-0.2, -0.15) is 0 Å². The van der Waals surface area contributed by atoms with E-state index in [-0.39, 0.29) is 48.2 Å². The van der Waals surface area contributed by atoms with Crippen molar-refractivity contribution in [2.24, 2.45) is 29.1 Å². The van der Waals surface area contributed by atoms with Crippen molar-refractivity contribution < 1.29 is 51.3 Å². The number of para-hydroxylation sites is 1. The number of aromatic amines is 1. The van der Waals surface area contributed by atoms with Crippen molar-refractivity contribution >= 4 is 50.8 Å². The Labute approximate surface area is 418 Å². The molecule has 71 heavy (non-hydrogen) atoms. The summed E-state index contributed by atoms with van der Waals surface area (Å²) in [6.45, 7) is 21.4. The molecule has 4 heterocycles. The summed E-state index contributed by atoms with van der Waals surface area (Å²) in [6, 6.07) is 5.61. The van der Waals surface area contributed by atoms with Crippen LogP contribution in [0.1, 0.15) is 126 Å². The van der Waals surface area contributed by atoms with Gasteiger partial charge in [-0.3, -0.25) is 23.9 Å². The lowest BCUT2D eigenvalue weighted by Crippen LogP contribution is -2.65. The van der Waals surface area contributed by atoms with Crippen LogP contribution >= 0.6 is 0 Å². The van der Waals surface area contributed by atoms with Gasteiger partial charge in [0.2, 0.25) is 21.8 Å². The van der Waals surface area contributed by atoms with E-state index in [9.17, 15) is 37.2 Å². The van der Waals surface area contributed by atoms with Gasteiger partial charge in [-0.05, 0) is 109 Å². The minimum atomic E-state index is -4.00. The van der Waals surface area contributed by atoms with Gasteiger partial charge in [-0.25, -0.2) is 18.0 Å². The first-order valence-corrected chi connectivity index (χ1v) is 26.9. The number of sulfonamides is 1. The van der Waals surface area contributed by atoms with Crippen molar-refractivity contribution in [3.8, 4) is 5.75 Å². The standard InChI is InChI=1S/C52H76N6O12S/c1-11-31(2)52(10,46(62)56-71(65,66)51(9)23-24-51)55-44(60)38-22-17-25-58(38)45(61)42(49(3,4)5)54-47(63)68-39-26-32(39)18-13-12-14-20-36-41(35-19-15-16-21-37(35)53-43(36)59)69-40-33-27-57(28-34(40)30-67-29-33)48(64)70-50(6,7)8/h11,15-16,19,21,31-34,38-40,42H,1,12-14,17-18,20,22-30H2,2-10H3,(H,53,59)(H,54,63)(H,55,60)(H,56,62). The topological polar surface area (TPSA) is 232 Å². The molecule has 19 heteroatoms. The molecule has 1 aromatic heterocycles. The minimum absolute atomic E-state index is 0.101. The van der Waals surface area contributed by atoms with Crippen LogP contribution in [0.4, 0.5) is 9.59 Å². The molecule has 4 N–H and O–H groups in total. The number of aromatic nitrogens is 1. The van der Waals surface area contributed by atoms with Crippen molar-refractivity contribution in [3.05, 3.63) is 52.8 Å². The highest BCUT2D eigenvalue weighted by Crippen LogP contribution is 2.43. The number of hydrogen-bond donors (Lipinski definition) is 4. The number of fused-ring (bicyclic) bond motifs is 3. The summed E-state index contributed by atoms with van der Waals surface area (Å²) in [5, 5.41) is 6.39. The molecule has 2 aliphatic carbocycles. The number of unbranched alkanes of at least 4 members (excludes halogenated alkanes) is 2. The Kier molecular flexibility index (Phi) is 15.7. The largest absolute Gasteiger partial charge is 0.488 e. The van der Waals surface area contributed by atoms with Gasteiger partial charge in [-0.15, -0.1) is 6.58 Å². The van der Waals surface area contributed by atoms with Gasteiger partial charge >= 0.3 is 12.2 Å². The van der Waals surface area contributed by atoms with Gasteiger partial charge in [0.1, 0.15) is 41.2 Å². The molecule has 8 unspecified atom stereocenters. The van der Waals surface area contributed by atoms with Gasteiger partial charge < -0.3 is 44.4 Å². The van der Waals surface area contributed by atoms with Crippen molar-refractivity contribution in [1.82, 2.24) is 30.1 Å². The Morgan fingerprint density at radius 3 is 2.31 bits per heavy atom. The van der Waals surface area contributed by atoms with Gasteiger partial charge in [0.05, 0.1) is 29.0 Å². The fraction of sp³-hybridized carbons (Fsp3) is 0.692. The van der Waals surface area contributed by atoms with E-state index in [4.69, 9.17) is 18.9 Å². The monoisotopic (exact) mass is 1010 g/mol. The lowest BCUT2D eigenvalue weighted by Gasteiger charge is -2.46. The van der Waals surface area contributed by atoms with Gasteiger partial charge in [0, 0.05) is 42.8 Å². The zero-order chi connectivity index (χ0) is 51.8. The molecule has 2 saturated carbocycles. The van der Waals surface area contributed by atoms with Crippen molar-refractivity contribution in [1.29, 1.82) is 0 Å². The molecule has 392 valence electrons. The number of nitrogens with one attached hydrogen (secondary N) is 4. The van der Waals surface area contributed by atoms with Gasteiger partial charge in [0.25, 0.3) is 11.5 Å². The van der Waals surface area contributed by atoms with Crippen LogP contribution < -0.4 is 25.7 Å². The van der Waals surface area contributed by atoms with Crippen LogP contribution in [0, 0.1) is 29.1 Å². The predicted octanol–water partition coefficient (Wildman–Crippen LogP) is 6.11. The highest BCUT2D eigenvalue weighted by atomic mass is 32.2. The third kappa shape index (κ3) is 12.2. The maximum absolute atomic E-state index is 14.3. The average Bonchev–Trinajstić information content (AvgIpc) is 4.17. The molecule has 1 aromatic carbocycles.